The zero-order valence-corrected chi connectivity index (χ0v) is 21.0. The smallest absolute Gasteiger partial charge is 0.410 e. The molecular formula is C25H34N4O3S. The van der Waals surface area contributed by atoms with Gasteiger partial charge in [-0.2, -0.15) is 0 Å². The van der Waals surface area contributed by atoms with Gasteiger partial charge in [-0.05, 0) is 51.4 Å². The summed E-state index contributed by atoms with van der Waals surface area (Å²) in [5.74, 6) is 0.364. The van der Waals surface area contributed by atoms with Crippen LogP contribution >= 0.6 is 11.3 Å². The number of ether oxygens (including phenoxy) is 1. The van der Waals surface area contributed by atoms with Crippen LogP contribution in [-0.4, -0.2) is 59.1 Å². The summed E-state index contributed by atoms with van der Waals surface area (Å²) in [7, 11) is 2.10. The predicted octanol–water partition coefficient (Wildman–Crippen LogP) is 4.74. The Bertz CT molecular complexity index is 1030. The third-order valence-corrected chi connectivity index (χ3v) is 7.33. The highest BCUT2D eigenvalue weighted by molar-refractivity contribution is 7.15. The molecule has 4 rings (SSSR count). The van der Waals surface area contributed by atoms with Crippen LogP contribution in [-0.2, 0) is 17.7 Å². The maximum absolute atomic E-state index is 13.0. The molecule has 2 atom stereocenters. The first kappa shape index (κ1) is 23.7. The number of rotatable bonds is 4. The number of thiazole rings is 1. The summed E-state index contributed by atoms with van der Waals surface area (Å²) in [6, 6.07) is 7.78. The SMILES string of the molecule is CCC1CN(C(=O)OC(C)(C)C)C[C@@H]1c1cccc(C(=O)Nc2nc3c(s2)CN(C)CC3)c1. The summed E-state index contributed by atoms with van der Waals surface area (Å²) in [5.41, 5.74) is 2.28. The van der Waals surface area contributed by atoms with Crippen molar-refractivity contribution in [3.8, 4) is 0 Å². The first-order valence-corrected chi connectivity index (χ1v) is 12.5. The molecule has 178 valence electrons. The van der Waals surface area contributed by atoms with Gasteiger partial charge in [0.25, 0.3) is 5.91 Å². The van der Waals surface area contributed by atoms with E-state index in [4.69, 9.17) is 4.74 Å². The lowest BCUT2D eigenvalue weighted by molar-refractivity contribution is 0.0286. The average molecular weight is 471 g/mol. The van der Waals surface area contributed by atoms with Crippen molar-refractivity contribution in [2.75, 3.05) is 32.0 Å². The molecule has 1 N–H and O–H groups in total. The normalized spacial score (nSPS) is 21.1. The molecule has 1 aromatic carbocycles. The topological polar surface area (TPSA) is 74.8 Å². The summed E-state index contributed by atoms with van der Waals surface area (Å²) >= 11 is 1.56. The monoisotopic (exact) mass is 470 g/mol. The molecule has 0 radical (unpaired) electrons. The molecule has 7 nitrogen and oxygen atoms in total. The van der Waals surface area contributed by atoms with E-state index in [1.54, 1.807) is 16.2 Å². The van der Waals surface area contributed by atoms with Crippen LogP contribution in [0.3, 0.4) is 0 Å². The Hall–Kier alpha value is -2.45. The molecule has 1 fully saturated rings. The summed E-state index contributed by atoms with van der Waals surface area (Å²) in [6.45, 7) is 10.9. The van der Waals surface area contributed by atoms with Crippen LogP contribution in [0.4, 0.5) is 9.93 Å². The van der Waals surface area contributed by atoms with Gasteiger partial charge in [0.2, 0.25) is 0 Å². The Morgan fingerprint density at radius 2 is 2.06 bits per heavy atom. The Kier molecular flexibility index (Phi) is 6.77. The van der Waals surface area contributed by atoms with Gasteiger partial charge < -0.3 is 14.5 Å². The van der Waals surface area contributed by atoms with E-state index in [2.05, 4.69) is 35.2 Å². The molecule has 1 saturated heterocycles. The fourth-order valence-electron chi connectivity index (χ4n) is 4.59. The van der Waals surface area contributed by atoms with Crippen molar-refractivity contribution in [2.45, 2.75) is 58.6 Å². The number of nitrogens with one attached hydrogen (secondary N) is 1. The average Bonchev–Trinajstić information content (AvgIpc) is 3.36. The minimum Gasteiger partial charge on any atom is -0.444 e. The van der Waals surface area contributed by atoms with Gasteiger partial charge in [-0.15, -0.1) is 11.3 Å². The molecular weight excluding hydrogens is 436 g/mol. The van der Waals surface area contributed by atoms with Crippen molar-refractivity contribution in [3.63, 3.8) is 0 Å². The van der Waals surface area contributed by atoms with Crippen LogP contribution < -0.4 is 5.32 Å². The van der Waals surface area contributed by atoms with E-state index < -0.39 is 5.60 Å². The molecule has 0 aliphatic carbocycles. The minimum atomic E-state index is -0.515. The van der Waals surface area contributed by atoms with Crippen molar-refractivity contribution in [2.24, 2.45) is 5.92 Å². The molecule has 1 aromatic heterocycles. The minimum absolute atomic E-state index is 0.147. The molecule has 33 heavy (non-hydrogen) atoms. The van der Waals surface area contributed by atoms with E-state index in [0.29, 0.717) is 29.7 Å². The standard InChI is InChI=1S/C25H34N4O3S/c1-6-16-13-29(24(31)32-25(2,3)4)14-19(16)17-8-7-9-18(12-17)22(30)27-23-26-20-10-11-28(5)15-21(20)33-23/h7-9,12,16,19H,6,10-11,13-15H2,1-5H3,(H,26,27,30)/t16?,19-/m0/s1. The number of hydrogen-bond acceptors (Lipinski definition) is 6. The van der Waals surface area contributed by atoms with Crippen LogP contribution in [0.5, 0.6) is 0 Å². The lowest BCUT2D eigenvalue weighted by atomic mass is 9.86. The van der Waals surface area contributed by atoms with Crippen molar-refractivity contribution in [3.05, 3.63) is 46.0 Å². The maximum atomic E-state index is 13.0. The largest absolute Gasteiger partial charge is 0.444 e. The molecule has 0 saturated carbocycles. The number of fused-ring (bicyclic) bond motifs is 1. The number of amides is 2. The number of nitrogens with zero attached hydrogens (tertiary/aromatic N) is 3. The van der Waals surface area contributed by atoms with Crippen LogP contribution in [0.25, 0.3) is 0 Å². The second-order valence-corrected chi connectivity index (χ2v) is 11.2. The predicted molar refractivity (Wildman–Crippen MR) is 131 cm³/mol. The van der Waals surface area contributed by atoms with Gasteiger partial charge in [-0.3, -0.25) is 10.1 Å². The van der Waals surface area contributed by atoms with Gasteiger partial charge in [-0.1, -0.05) is 25.5 Å². The van der Waals surface area contributed by atoms with Gasteiger partial charge in [0, 0.05) is 49.0 Å². The second-order valence-electron chi connectivity index (χ2n) is 10.1. The summed E-state index contributed by atoms with van der Waals surface area (Å²) in [4.78, 5) is 35.5. The highest BCUT2D eigenvalue weighted by Gasteiger charge is 2.37. The maximum Gasteiger partial charge on any atom is 0.410 e. The molecule has 2 aliphatic rings. The highest BCUT2D eigenvalue weighted by atomic mass is 32.1. The Morgan fingerprint density at radius 1 is 1.27 bits per heavy atom. The first-order chi connectivity index (χ1) is 15.6. The number of hydrogen-bond donors (Lipinski definition) is 1. The molecule has 2 aliphatic heterocycles. The van der Waals surface area contributed by atoms with E-state index >= 15 is 0 Å². The van der Waals surface area contributed by atoms with Crippen LogP contribution in [0.15, 0.2) is 24.3 Å². The Balaban J connectivity index is 1.47. The third kappa shape index (κ3) is 5.55. The summed E-state index contributed by atoms with van der Waals surface area (Å²) < 4.78 is 5.58. The highest BCUT2D eigenvalue weighted by Crippen LogP contribution is 2.36. The van der Waals surface area contributed by atoms with E-state index in [1.807, 2.05) is 39.0 Å². The van der Waals surface area contributed by atoms with Crippen LogP contribution in [0.2, 0.25) is 0 Å². The molecule has 0 bridgehead atoms. The van der Waals surface area contributed by atoms with Gasteiger partial charge in [0.05, 0.1) is 5.69 Å². The van der Waals surface area contributed by atoms with Crippen LogP contribution in [0, 0.1) is 5.92 Å². The lowest BCUT2D eigenvalue weighted by Gasteiger charge is -2.24. The number of anilines is 1. The zero-order valence-electron chi connectivity index (χ0n) is 20.2. The van der Waals surface area contributed by atoms with Gasteiger partial charge in [0.15, 0.2) is 5.13 Å². The number of likely N-dealkylation sites (tertiary alicyclic amines) is 1. The van der Waals surface area contributed by atoms with Crippen molar-refractivity contribution >= 4 is 28.5 Å². The summed E-state index contributed by atoms with van der Waals surface area (Å²) in [5, 5.41) is 3.65. The summed E-state index contributed by atoms with van der Waals surface area (Å²) in [6.07, 6.45) is 1.61. The van der Waals surface area contributed by atoms with Crippen LogP contribution in [0.1, 0.15) is 66.5 Å². The first-order valence-electron chi connectivity index (χ1n) is 11.7. The number of benzene rings is 1. The van der Waals surface area contributed by atoms with Crippen molar-refractivity contribution < 1.29 is 14.3 Å². The van der Waals surface area contributed by atoms with Crippen molar-refractivity contribution in [1.29, 1.82) is 0 Å². The van der Waals surface area contributed by atoms with E-state index in [1.165, 1.54) is 4.88 Å². The van der Waals surface area contributed by atoms with E-state index in [9.17, 15) is 9.59 Å². The zero-order chi connectivity index (χ0) is 23.8. The molecule has 0 spiro atoms. The van der Waals surface area contributed by atoms with E-state index in [0.717, 1.165) is 37.2 Å². The Labute approximate surface area is 200 Å². The van der Waals surface area contributed by atoms with E-state index in [-0.39, 0.29) is 17.9 Å². The molecule has 3 heterocycles. The third-order valence-electron chi connectivity index (χ3n) is 6.34. The Morgan fingerprint density at radius 3 is 2.79 bits per heavy atom. The molecule has 2 aromatic rings. The second kappa shape index (κ2) is 9.43. The number of aromatic nitrogens is 1. The van der Waals surface area contributed by atoms with Gasteiger partial charge in [0.1, 0.15) is 5.60 Å². The number of carbonyl (C=O) groups excluding carboxylic acids is 2. The lowest BCUT2D eigenvalue weighted by Crippen LogP contribution is -2.35. The van der Waals surface area contributed by atoms with Crippen molar-refractivity contribution in [1.82, 2.24) is 14.8 Å². The molecule has 8 heteroatoms. The van der Waals surface area contributed by atoms with Gasteiger partial charge >= 0.3 is 6.09 Å². The van der Waals surface area contributed by atoms with Gasteiger partial charge in [-0.25, -0.2) is 9.78 Å². The molecule has 1 unspecified atom stereocenters. The fraction of sp³-hybridized carbons (Fsp3) is 0.560. The number of carbonyl (C=O) groups is 2. The molecule has 2 amide bonds. The fourth-order valence-corrected chi connectivity index (χ4v) is 5.68. The number of likely N-dealkylation sites (N-methyl/N-ethyl adjacent to an activating group) is 1. The quantitative estimate of drug-likeness (QED) is 0.698.